The Morgan fingerprint density at radius 2 is 1.68 bits per heavy atom. The van der Waals surface area contributed by atoms with E-state index in [-0.39, 0.29) is 34.1 Å². The van der Waals surface area contributed by atoms with E-state index in [2.05, 4.69) is 9.97 Å². The fourth-order valence-corrected chi connectivity index (χ4v) is 3.53. The summed E-state index contributed by atoms with van der Waals surface area (Å²) in [4.78, 5) is 66.5. The number of aromatic amines is 1. The van der Waals surface area contributed by atoms with Crippen LogP contribution in [0.5, 0.6) is 0 Å². The average molecular weight is 524 g/mol. The number of hydrogen-bond donors (Lipinski definition) is 2. The van der Waals surface area contributed by atoms with Gasteiger partial charge >= 0.3 is 6.18 Å². The lowest BCUT2D eigenvalue weighted by molar-refractivity contribution is -0.384. The molecule has 0 atom stereocenters. The van der Waals surface area contributed by atoms with Crippen LogP contribution in [0.3, 0.4) is 0 Å². The highest BCUT2D eigenvalue weighted by molar-refractivity contribution is 6.41. The van der Waals surface area contributed by atoms with Gasteiger partial charge in [-0.1, -0.05) is 30.3 Å². The average Bonchev–Trinajstić information content (AvgIpc) is 2.88. The number of aromatic nitrogens is 2. The Morgan fingerprint density at radius 3 is 2.34 bits per heavy atom. The fourth-order valence-electron chi connectivity index (χ4n) is 3.53. The van der Waals surface area contributed by atoms with Crippen LogP contribution in [0.4, 0.5) is 24.5 Å². The van der Waals surface area contributed by atoms with Gasteiger partial charge in [-0.05, 0) is 30.3 Å². The number of carbonyl (C=O) groups is 3. The zero-order valence-corrected chi connectivity index (χ0v) is 19.0. The van der Waals surface area contributed by atoms with Gasteiger partial charge in [0.15, 0.2) is 5.78 Å². The molecular formula is C25H15F3N4O6. The van der Waals surface area contributed by atoms with E-state index in [4.69, 9.17) is 0 Å². The summed E-state index contributed by atoms with van der Waals surface area (Å²) >= 11 is 0. The number of fused-ring (bicyclic) bond motifs is 1. The van der Waals surface area contributed by atoms with Crippen molar-refractivity contribution >= 4 is 39.9 Å². The second kappa shape index (κ2) is 10.0. The van der Waals surface area contributed by atoms with E-state index in [1.54, 1.807) is 30.3 Å². The topological polar surface area (TPSA) is 152 Å². The third-order valence-electron chi connectivity index (χ3n) is 5.41. The van der Waals surface area contributed by atoms with E-state index in [0.717, 1.165) is 0 Å². The predicted octanol–water partition coefficient (Wildman–Crippen LogP) is 3.83. The molecule has 10 nitrogen and oxygen atoms in total. The summed E-state index contributed by atoms with van der Waals surface area (Å²) in [5.74, 6) is -2.90. The Labute approximate surface area is 210 Å². The molecule has 1 amide bonds. The van der Waals surface area contributed by atoms with Gasteiger partial charge in [-0.2, -0.15) is 13.2 Å². The zero-order valence-electron chi connectivity index (χ0n) is 19.0. The molecule has 3 aromatic carbocycles. The Morgan fingerprint density at radius 1 is 0.974 bits per heavy atom. The van der Waals surface area contributed by atoms with E-state index in [1.807, 2.05) is 5.32 Å². The molecule has 0 aliphatic heterocycles. The van der Waals surface area contributed by atoms with Gasteiger partial charge in [-0.15, -0.1) is 0 Å². The lowest BCUT2D eigenvalue weighted by Crippen LogP contribution is -2.28. The van der Waals surface area contributed by atoms with Crippen LogP contribution in [0.25, 0.3) is 11.0 Å². The number of H-pyrrole nitrogens is 1. The largest absolute Gasteiger partial charge is 0.416 e. The predicted molar refractivity (Wildman–Crippen MR) is 128 cm³/mol. The maximum Gasteiger partial charge on any atom is 0.416 e. The molecule has 0 fully saturated rings. The van der Waals surface area contributed by atoms with Gasteiger partial charge < -0.3 is 10.3 Å². The number of carbonyl (C=O) groups excluding carboxylic acids is 3. The summed E-state index contributed by atoms with van der Waals surface area (Å²) in [5, 5.41) is 13.1. The monoisotopic (exact) mass is 524 g/mol. The van der Waals surface area contributed by atoms with Crippen molar-refractivity contribution in [3.8, 4) is 0 Å². The highest BCUT2D eigenvalue weighted by Gasteiger charge is 2.33. The second-order valence-corrected chi connectivity index (χ2v) is 7.98. The van der Waals surface area contributed by atoms with Gasteiger partial charge in [0.1, 0.15) is 11.4 Å². The number of anilines is 1. The molecule has 0 bridgehead atoms. The molecule has 0 aliphatic carbocycles. The van der Waals surface area contributed by atoms with E-state index in [9.17, 15) is 42.5 Å². The number of nitro groups is 1. The number of alkyl halides is 3. The number of nitrogens with one attached hydrogen (secondary N) is 2. The molecule has 0 radical (unpaired) electrons. The Balaban J connectivity index is 1.54. The summed E-state index contributed by atoms with van der Waals surface area (Å²) in [6, 6.07) is 14.2. The molecule has 0 saturated heterocycles. The number of ketones is 2. The van der Waals surface area contributed by atoms with Crippen LogP contribution in [-0.4, -0.2) is 32.4 Å². The quantitative estimate of drug-likeness (QED) is 0.161. The van der Waals surface area contributed by atoms with Crippen molar-refractivity contribution in [3.63, 3.8) is 0 Å². The van der Waals surface area contributed by atoms with Crippen molar-refractivity contribution in [1.29, 1.82) is 0 Å². The van der Waals surface area contributed by atoms with Crippen molar-refractivity contribution in [2.75, 3.05) is 5.32 Å². The molecule has 1 heterocycles. The summed E-state index contributed by atoms with van der Waals surface area (Å²) in [6.07, 6.45) is -5.66. The van der Waals surface area contributed by atoms with Gasteiger partial charge in [0, 0.05) is 17.2 Å². The minimum Gasteiger partial charge on any atom is -0.319 e. The third kappa shape index (κ3) is 5.46. The summed E-state index contributed by atoms with van der Waals surface area (Å²) in [6.45, 7) is 0. The molecule has 0 spiro atoms. The summed E-state index contributed by atoms with van der Waals surface area (Å²) in [7, 11) is 0. The number of amides is 1. The van der Waals surface area contributed by atoms with Crippen LogP contribution < -0.4 is 10.9 Å². The molecule has 1 aromatic heterocycles. The minimum absolute atomic E-state index is 0.206. The molecule has 4 rings (SSSR count). The standard InChI is InChI=1S/C25H15F3N4O6/c26-25(27,28)15-7-9-17(20(11-15)32(37)38)30-24(36)21(33)12-19-23(35)31-18-10-14(6-8-16(18)29-19)22(34)13-4-2-1-3-5-13/h1-11H,12H2,(H,30,36)(H,31,35). The lowest BCUT2D eigenvalue weighted by atomic mass is 10.0. The SMILES string of the molecule is O=C(Cc1nc2ccc(C(=O)c3ccccc3)cc2[nH]c1=O)C(=O)Nc1ccc(C(F)(F)F)cc1[N+](=O)[O-]. The molecule has 13 heteroatoms. The normalized spacial score (nSPS) is 11.2. The van der Waals surface area contributed by atoms with E-state index < -0.39 is 51.7 Å². The number of halogens is 3. The van der Waals surface area contributed by atoms with Gasteiger partial charge in [0.2, 0.25) is 5.78 Å². The van der Waals surface area contributed by atoms with Crippen LogP contribution in [0, 0.1) is 10.1 Å². The van der Waals surface area contributed by atoms with Crippen LogP contribution in [0.2, 0.25) is 0 Å². The van der Waals surface area contributed by atoms with Crippen LogP contribution in [-0.2, 0) is 22.2 Å². The number of Topliss-reactive ketones (excluding diaryl/α,β-unsaturated/α-hetero) is 1. The maximum atomic E-state index is 12.9. The van der Waals surface area contributed by atoms with Gasteiger partial charge in [-0.25, -0.2) is 4.98 Å². The Hall–Kier alpha value is -5.20. The number of rotatable bonds is 7. The van der Waals surface area contributed by atoms with E-state index >= 15 is 0 Å². The van der Waals surface area contributed by atoms with Crippen molar-refractivity contribution < 1.29 is 32.5 Å². The van der Waals surface area contributed by atoms with E-state index in [1.165, 1.54) is 18.2 Å². The zero-order chi connectivity index (χ0) is 27.6. The molecule has 0 aliphatic rings. The molecule has 192 valence electrons. The first-order valence-corrected chi connectivity index (χ1v) is 10.8. The first-order chi connectivity index (χ1) is 17.9. The number of nitrogens with zero attached hydrogens (tertiary/aromatic N) is 2. The summed E-state index contributed by atoms with van der Waals surface area (Å²) in [5.41, 5.74) is -3.03. The van der Waals surface area contributed by atoms with Crippen LogP contribution >= 0.6 is 0 Å². The molecule has 2 N–H and O–H groups in total. The van der Waals surface area contributed by atoms with Gasteiger partial charge in [-0.3, -0.25) is 29.3 Å². The maximum absolute atomic E-state index is 12.9. The minimum atomic E-state index is -4.86. The smallest absolute Gasteiger partial charge is 0.319 e. The molecule has 38 heavy (non-hydrogen) atoms. The third-order valence-corrected chi connectivity index (χ3v) is 5.41. The lowest BCUT2D eigenvalue weighted by Gasteiger charge is -2.09. The number of nitro benzene ring substituents is 1. The highest BCUT2D eigenvalue weighted by atomic mass is 19.4. The van der Waals surface area contributed by atoms with E-state index in [0.29, 0.717) is 17.7 Å². The van der Waals surface area contributed by atoms with Crippen molar-refractivity contribution in [2.24, 2.45) is 0 Å². The first-order valence-electron chi connectivity index (χ1n) is 10.8. The Kier molecular flexibility index (Phi) is 6.84. The Bertz CT molecular complexity index is 1670. The van der Waals surface area contributed by atoms with Crippen LogP contribution in [0.15, 0.2) is 71.5 Å². The first kappa shape index (κ1) is 25.9. The van der Waals surface area contributed by atoms with Crippen molar-refractivity contribution in [1.82, 2.24) is 9.97 Å². The molecule has 4 aromatic rings. The molecule has 0 saturated carbocycles. The van der Waals surface area contributed by atoms with Crippen molar-refractivity contribution in [3.05, 3.63) is 110 Å². The van der Waals surface area contributed by atoms with Gasteiger partial charge in [0.05, 0.1) is 27.9 Å². The van der Waals surface area contributed by atoms with Crippen LogP contribution in [0.1, 0.15) is 27.2 Å². The molecule has 0 unspecified atom stereocenters. The second-order valence-electron chi connectivity index (χ2n) is 7.98. The fraction of sp³-hybridized carbons (Fsp3) is 0.0800. The number of hydrogen-bond acceptors (Lipinski definition) is 7. The molecular weight excluding hydrogens is 509 g/mol. The highest BCUT2D eigenvalue weighted by Crippen LogP contribution is 2.35. The summed E-state index contributed by atoms with van der Waals surface area (Å²) < 4.78 is 38.6. The van der Waals surface area contributed by atoms with Crippen molar-refractivity contribution in [2.45, 2.75) is 12.6 Å². The number of benzene rings is 3. The van der Waals surface area contributed by atoms with Gasteiger partial charge in [0.25, 0.3) is 17.2 Å².